The van der Waals surface area contributed by atoms with Crippen LogP contribution in [0.5, 0.6) is 0 Å². The summed E-state index contributed by atoms with van der Waals surface area (Å²) in [5.41, 5.74) is 0. The van der Waals surface area contributed by atoms with Gasteiger partial charge in [0.25, 0.3) is 5.82 Å². The number of imidazole rings is 1. The van der Waals surface area contributed by atoms with Crippen molar-refractivity contribution in [3.63, 3.8) is 0 Å². The average Bonchev–Trinajstić information content (AvgIpc) is 3.29. The van der Waals surface area contributed by atoms with Crippen LogP contribution in [0.25, 0.3) is 0 Å². The van der Waals surface area contributed by atoms with E-state index in [4.69, 9.17) is 0 Å². The van der Waals surface area contributed by atoms with Crippen molar-refractivity contribution in [2.24, 2.45) is 0 Å². The number of nitrogens with one attached hydrogen (secondary N) is 1. The third-order valence-electron chi connectivity index (χ3n) is 7.39. The highest BCUT2D eigenvalue weighted by molar-refractivity contribution is 4.90. The Labute approximate surface area is 202 Å². The van der Waals surface area contributed by atoms with Gasteiger partial charge in [-0.05, 0) is 32.6 Å². The van der Waals surface area contributed by atoms with Crippen LogP contribution in [0.15, 0.2) is 12.4 Å². The number of nitrogens with zero attached hydrogens (tertiary/aromatic N) is 1. The summed E-state index contributed by atoms with van der Waals surface area (Å²) in [7, 11) is 0. The zero-order valence-corrected chi connectivity index (χ0v) is 22.6. The summed E-state index contributed by atoms with van der Waals surface area (Å²) in [5, 5.41) is 0. The van der Waals surface area contributed by atoms with Crippen LogP contribution in [-0.4, -0.2) is 4.98 Å². The van der Waals surface area contributed by atoms with Gasteiger partial charge >= 0.3 is 0 Å². The van der Waals surface area contributed by atoms with Crippen molar-refractivity contribution >= 4 is 0 Å². The average molecular weight is 448 g/mol. The third-order valence-corrected chi connectivity index (χ3v) is 7.39. The summed E-state index contributed by atoms with van der Waals surface area (Å²) < 4.78 is 2.59. The second kappa shape index (κ2) is 20.8. The highest BCUT2D eigenvalue weighted by Gasteiger charge is 2.25. The standard InChI is InChI=1S/C30H58N2/c1-5-8-11-13-15-16-17-19-22-25-29(24-21-18-14-12-9-6-2)30-31-26-27-32(30)28(4)23-20-10-7-3/h26-29H,5-25H2,1-4H3/p+1. The van der Waals surface area contributed by atoms with Gasteiger partial charge in [-0.15, -0.1) is 0 Å². The van der Waals surface area contributed by atoms with Gasteiger partial charge in [0.05, 0.1) is 12.0 Å². The van der Waals surface area contributed by atoms with Crippen molar-refractivity contribution in [3.8, 4) is 0 Å². The Morgan fingerprint density at radius 3 is 1.50 bits per heavy atom. The Kier molecular flexibility index (Phi) is 19.0. The molecule has 1 aromatic rings. The van der Waals surface area contributed by atoms with Gasteiger partial charge in [0.1, 0.15) is 12.4 Å². The smallest absolute Gasteiger partial charge is 0.247 e. The van der Waals surface area contributed by atoms with Gasteiger partial charge < -0.3 is 0 Å². The maximum atomic E-state index is 3.68. The number of H-pyrrole nitrogens is 1. The second-order valence-electron chi connectivity index (χ2n) is 10.5. The van der Waals surface area contributed by atoms with Gasteiger partial charge in [0.2, 0.25) is 0 Å². The quantitative estimate of drug-likeness (QED) is 0.127. The van der Waals surface area contributed by atoms with E-state index in [9.17, 15) is 0 Å². The highest BCUT2D eigenvalue weighted by atomic mass is 15.1. The van der Waals surface area contributed by atoms with E-state index >= 15 is 0 Å². The van der Waals surface area contributed by atoms with E-state index < -0.39 is 0 Å². The second-order valence-corrected chi connectivity index (χ2v) is 10.5. The number of unbranched alkanes of at least 4 members (excludes halogenated alkanes) is 15. The van der Waals surface area contributed by atoms with E-state index in [1.165, 1.54) is 141 Å². The van der Waals surface area contributed by atoms with Crippen LogP contribution in [-0.2, 0) is 0 Å². The van der Waals surface area contributed by atoms with E-state index in [2.05, 4.69) is 49.6 Å². The van der Waals surface area contributed by atoms with Crippen LogP contribution in [0, 0.1) is 0 Å². The lowest BCUT2D eigenvalue weighted by molar-refractivity contribution is -0.727. The summed E-state index contributed by atoms with van der Waals surface area (Å²) in [5.74, 6) is 2.23. The maximum Gasteiger partial charge on any atom is 0.257 e. The monoisotopic (exact) mass is 447 g/mol. The Bertz CT molecular complexity index is 507. The summed E-state index contributed by atoms with van der Waals surface area (Å²) >= 11 is 0. The zero-order chi connectivity index (χ0) is 23.3. The minimum absolute atomic E-state index is 0.623. The lowest BCUT2D eigenvalue weighted by Crippen LogP contribution is -2.41. The lowest BCUT2D eigenvalue weighted by atomic mass is 9.93. The lowest BCUT2D eigenvalue weighted by Gasteiger charge is -2.17. The summed E-state index contributed by atoms with van der Waals surface area (Å²) in [6.45, 7) is 9.35. The molecular formula is C30H59N2+. The van der Waals surface area contributed by atoms with E-state index in [-0.39, 0.29) is 0 Å². The Balaban J connectivity index is 2.49. The fourth-order valence-electron chi connectivity index (χ4n) is 5.19. The molecule has 32 heavy (non-hydrogen) atoms. The van der Waals surface area contributed by atoms with Gasteiger partial charge in [-0.2, -0.15) is 0 Å². The van der Waals surface area contributed by atoms with Crippen molar-refractivity contribution in [3.05, 3.63) is 18.2 Å². The van der Waals surface area contributed by atoms with E-state index in [1.807, 2.05) is 0 Å². The van der Waals surface area contributed by atoms with Crippen LogP contribution in [0.1, 0.15) is 180 Å². The zero-order valence-electron chi connectivity index (χ0n) is 22.6. The molecule has 1 N–H and O–H groups in total. The first-order valence-corrected chi connectivity index (χ1v) is 14.8. The Morgan fingerprint density at radius 2 is 1.00 bits per heavy atom. The van der Waals surface area contributed by atoms with Crippen molar-refractivity contribution in [2.75, 3.05) is 0 Å². The molecular weight excluding hydrogens is 388 g/mol. The maximum absolute atomic E-state index is 3.68. The van der Waals surface area contributed by atoms with Gasteiger partial charge in [-0.25, -0.2) is 9.55 Å². The van der Waals surface area contributed by atoms with Gasteiger partial charge in [0.15, 0.2) is 0 Å². The molecule has 188 valence electrons. The molecule has 2 atom stereocenters. The SMILES string of the molecule is CCCCCCCCCCCC(CCCCCCCC)c1[nH]cc[n+]1C(C)CCCCC. The summed E-state index contributed by atoms with van der Waals surface area (Å²) in [6.07, 6.45) is 33.9. The third kappa shape index (κ3) is 13.7. The van der Waals surface area contributed by atoms with E-state index in [0.29, 0.717) is 12.0 Å². The highest BCUT2D eigenvalue weighted by Crippen LogP contribution is 2.27. The minimum atomic E-state index is 0.623. The Hall–Kier alpha value is -0.790. The van der Waals surface area contributed by atoms with Crippen LogP contribution in [0.3, 0.4) is 0 Å². The molecule has 0 aliphatic carbocycles. The number of rotatable bonds is 23. The largest absolute Gasteiger partial charge is 0.257 e. The normalized spacial score (nSPS) is 13.5. The van der Waals surface area contributed by atoms with Gasteiger partial charge in [0, 0.05) is 0 Å². The van der Waals surface area contributed by atoms with Crippen LogP contribution in [0.2, 0.25) is 0 Å². The predicted molar refractivity (Wildman–Crippen MR) is 142 cm³/mol. The molecule has 2 unspecified atom stereocenters. The molecule has 0 saturated carbocycles. The Morgan fingerprint density at radius 1 is 0.594 bits per heavy atom. The van der Waals surface area contributed by atoms with Crippen molar-refractivity contribution in [1.82, 2.24) is 4.98 Å². The first-order valence-electron chi connectivity index (χ1n) is 14.8. The summed E-state index contributed by atoms with van der Waals surface area (Å²) in [6, 6.07) is 0.623. The number of aromatic amines is 1. The molecule has 0 fully saturated rings. The fourth-order valence-corrected chi connectivity index (χ4v) is 5.19. The van der Waals surface area contributed by atoms with E-state index in [1.54, 1.807) is 0 Å². The number of hydrogen-bond acceptors (Lipinski definition) is 0. The molecule has 0 aliphatic rings. The van der Waals surface area contributed by atoms with Gasteiger partial charge in [-0.1, -0.05) is 130 Å². The molecule has 0 aromatic carbocycles. The molecule has 2 nitrogen and oxygen atoms in total. The van der Waals surface area contributed by atoms with Crippen LogP contribution in [0.4, 0.5) is 0 Å². The molecule has 2 heteroatoms. The summed E-state index contributed by atoms with van der Waals surface area (Å²) in [4.78, 5) is 3.68. The van der Waals surface area contributed by atoms with Crippen molar-refractivity contribution in [2.45, 2.75) is 174 Å². The number of hydrogen-bond donors (Lipinski definition) is 1. The molecule has 0 amide bonds. The minimum Gasteiger partial charge on any atom is -0.247 e. The first-order chi connectivity index (χ1) is 15.7. The van der Waals surface area contributed by atoms with Crippen molar-refractivity contribution < 1.29 is 4.57 Å². The molecule has 0 aliphatic heterocycles. The molecule has 1 rings (SSSR count). The predicted octanol–water partition coefficient (Wildman–Crippen LogP) is 10.2. The number of aromatic nitrogens is 2. The molecule has 0 bridgehead atoms. The molecule has 0 spiro atoms. The molecule has 0 saturated heterocycles. The van der Waals surface area contributed by atoms with Crippen molar-refractivity contribution in [1.29, 1.82) is 0 Å². The first kappa shape index (κ1) is 29.2. The molecule has 0 radical (unpaired) electrons. The fraction of sp³-hybridized carbons (Fsp3) is 0.900. The molecule has 1 aromatic heterocycles. The topological polar surface area (TPSA) is 19.7 Å². The van der Waals surface area contributed by atoms with Crippen LogP contribution >= 0.6 is 0 Å². The van der Waals surface area contributed by atoms with Crippen LogP contribution < -0.4 is 4.57 Å². The van der Waals surface area contributed by atoms with E-state index in [0.717, 1.165) is 0 Å². The van der Waals surface area contributed by atoms with Gasteiger partial charge in [-0.3, -0.25) is 0 Å². The molecule has 1 heterocycles.